The van der Waals surface area contributed by atoms with Crippen molar-refractivity contribution in [3.8, 4) is 0 Å². The van der Waals surface area contributed by atoms with Gasteiger partial charge in [0.2, 0.25) is 0 Å². The molecule has 1 aromatic heterocycles. The largest absolute Gasteiger partial charge is 0.466 e. The summed E-state index contributed by atoms with van der Waals surface area (Å²) in [5, 5.41) is 0. The number of hydrogen-bond acceptors (Lipinski definition) is 5. The maximum Gasteiger partial charge on any atom is 0.306 e. The standard InChI is InChI=1S/C15H20O4S/c1-3-10-19-15(18)9-6-12(16)5-7-13(17)14-8-4-11(2)20-14/h4,8H,3,5-7,9-10H2,1-2H3. The molecule has 110 valence electrons. The van der Waals surface area contributed by atoms with Crippen LogP contribution in [-0.4, -0.2) is 24.1 Å². The Morgan fingerprint density at radius 1 is 1.10 bits per heavy atom. The Hall–Kier alpha value is -1.49. The van der Waals surface area contributed by atoms with Crippen LogP contribution in [0.2, 0.25) is 0 Å². The van der Waals surface area contributed by atoms with Crippen molar-refractivity contribution in [2.24, 2.45) is 0 Å². The van der Waals surface area contributed by atoms with E-state index in [1.54, 1.807) is 6.07 Å². The van der Waals surface area contributed by atoms with E-state index >= 15 is 0 Å². The summed E-state index contributed by atoms with van der Waals surface area (Å²) in [6, 6.07) is 3.68. The lowest BCUT2D eigenvalue weighted by Crippen LogP contribution is -2.09. The highest BCUT2D eigenvalue weighted by Crippen LogP contribution is 2.17. The molecular weight excluding hydrogens is 276 g/mol. The van der Waals surface area contributed by atoms with Gasteiger partial charge in [-0.3, -0.25) is 14.4 Å². The average molecular weight is 296 g/mol. The van der Waals surface area contributed by atoms with Gasteiger partial charge in [-0.15, -0.1) is 11.3 Å². The molecule has 1 heterocycles. The van der Waals surface area contributed by atoms with Gasteiger partial charge in [0, 0.05) is 24.1 Å². The van der Waals surface area contributed by atoms with E-state index in [2.05, 4.69) is 0 Å². The van der Waals surface area contributed by atoms with Crippen LogP contribution in [-0.2, 0) is 14.3 Å². The fourth-order valence-electron chi connectivity index (χ4n) is 1.62. The zero-order chi connectivity index (χ0) is 15.0. The van der Waals surface area contributed by atoms with Crippen LogP contribution < -0.4 is 0 Å². The van der Waals surface area contributed by atoms with E-state index < -0.39 is 0 Å². The molecule has 0 spiro atoms. The predicted molar refractivity (Wildman–Crippen MR) is 78.1 cm³/mol. The zero-order valence-corrected chi connectivity index (χ0v) is 12.8. The normalized spacial score (nSPS) is 10.3. The van der Waals surface area contributed by atoms with Gasteiger partial charge in [-0.25, -0.2) is 0 Å². The van der Waals surface area contributed by atoms with Gasteiger partial charge in [0.15, 0.2) is 5.78 Å². The SMILES string of the molecule is CCCOC(=O)CCC(=O)CCC(=O)c1ccc(C)s1. The van der Waals surface area contributed by atoms with Crippen molar-refractivity contribution in [3.05, 3.63) is 21.9 Å². The van der Waals surface area contributed by atoms with E-state index in [0.29, 0.717) is 11.5 Å². The van der Waals surface area contributed by atoms with Crippen LogP contribution in [0.1, 0.15) is 53.6 Å². The van der Waals surface area contributed by atoms with Gasteiger partial charge in [-0.1, -0.05) is 6.92 Å². The fraction of sp³-hybridized carbons (Fsp3) is 0.533. The number of carbonyl (C=O) groups is 3. The third kappa shape index (κ3) is 6.10. The summed E-state index contributed by atoms with van der Waals surface area (Å²) in [6.45, 7) is 4.24. The number of hydrogen-bond donors (Lipinski definition) is 0. The predicted octanol–water partition coefficient (Wildman–Crippen LogP) is 3.32. The minimum Gasteiger partial charge on any atom is -0.466 e. The third-order valence-electron chi connectivity index (χ3n) is 2.72. The van der Waals surface area contributed by atoms with Gasteiger partial charge in [-0.2, -0.15) is 0 Å². The van der Waals surface area contributed by atoms with Crippen molar-refractivity contribution >= 4 is 28.9 Å². The molecule has 0 amide bonds. The molecule has 0 atom stereocenters. The molecule has 0 aliphatic carbocycles. The Kier molecular flexibility index (Phi) is 7.15. The molecule has 0 radical (unpaired) electrons. The monoisotopic (exact) mass is 296 g/mol. The number of ketones is 2. The van der Waals surface area contributed by atoms with Crippen molar-refractivity contribution in [1.29, 1.82) is 0 Å². The molecule has 0 aromatic carbocycles. The van der Waals surface area contributed by atoms with Crippen LogP contribution in [0, 0.1) is 6.92 Å². The van der Waals surface area contributed by atoms with Crippen molar-refractivity contribution in [3.63, 3.8) is 0 Å². The van der Waals surface area contributed by atoms with Gasteiger partial charge >= 0.3 is 5.97 Å². The van der Waals surface area contributed by atoms with Gasteiger partial charge in [0.25, 0.3) is 0 Å². The second kappa shape index (κ2) is 8.64. The van der Waals surface area contributed by atoms with Crippen molar-refractivity contribution < 1.29 is 19.1 Å². The van der Waals surface area contributed by atoms with E-state index in [1.165, 1.54) is 11.3 Å². The summed E-state index contributed by atoms with van der Waals surface area (Å²) in [5.41, 5.74) is 0. The quantitative estimate of drug-likeness (QED) is 0.518. The average Bonchev–Trinajstić information content (AvgIpc) is 2.86. The van der Waals surface area contributed by atoms with Crippen molar-refractivity contribution in [2.75, 3.05) is 6.61 Å². The Labute approximate surface area is 123 Å². The molecule has 0 saturated heterocycles. The summed E-state index contributed by atoms with van der Waals surface area (Å²) >= 11 is 1.44. The molecule has 5 heteroatoms. The highest BCUT2D eigenvalue weighted by Gasteiger charge is 2.12. The summed E-state index contributed by atoms with van der Waals surface area (Å²) in [7, 11) is 0. The zero-order valence-electron chi connectivity index (χ0n) is 11.9. The number of esters is 1. The molecule has 4 nitrogen and oxygen atoms in total. The van der Waals surface area contributed by atoms with E-state index in [1.807, 2.05) is 19.9 Å². The molecule has 0 aliphatic rings. The number of thiophene rings is 1. The first-order valence-electron chi connectivity index (χ1n) is 6.80. The molecular formula is C15H20O4S. The maximum absolute atomic E-state index is 11.8. The molecule has 1 rings (SSSR count). The Morgan fingerprint density at radius 3 is 2.40 bits per heavy atom. The number of Topliss-reactive ketones (excluding diaryl/α,β-unsaturated/α-hetero) is 2. The van der Waals surface area contributed by atoms with Crippen LogP contribution in [0.25, 0.3) is 0 Å². The molecule has 0 fully saturated rings. The molecule has 0 N–H and O–H groups in total. The molecule has 0 aliphatic heterocycles. The Bertz CT molecular complexity index is 476. The first-order valence-corrected chi connectivity index (χ1v) is 7.61. The number of aryl methyl sites for hydroxylation is 1. The summed E-state index contributed by atoms with van der Waals surface area (Å²) < 4.78 is 4.88. The Balaban J connectivity index is 2.23. The summed E-state index contributed by atoms with van der Waals surface area (Å²) in [6.07, 6.45) is 1.43. The summed E-state index contributed by atoms with van der Waals surface area (Å²) in [5.74, 6) is -0.425. The first-order chi connectivity index (χ1) is 9.52. The smallest absolute Gasteiger partial charge is 0.306 e. The molecule has 0 saturated carbocycles. The van der Waals surface area contributed by atoms with Crippen LogP contribution in [0.3, 0.4) is 0 Å². The number of ether oxygens (including phenoxy) is 1. The van der Waals surface area contributed by atoms with E-state index in [9.17, 15) is 14.4 Å². The van der Waals surface area contributed by atoms with E-state index in [0.717, 1.165) is 11.3 Å². The van der Waals surface area contributed by atoms with Gasteiger partial charge < -0.3 is 4.74 Å². The Morgan fingerprint density at radius 2 is 1.80 bits per heavy atom. The topological polar surface area (TPSA) is 60.4 Å². The number of carbonyl (C=O) groups excluding carboxylic acids is 3. The van der Waals surface area contributed by atoms with Crippen molar-refractivity contribution in [2.45, 2.75) is 46.0 Å². The highest BCUT2D eigenvalue weighted by atomic mass is 32.1. The second-order valence-electron chi connectivity index (χ2n) is 4.59. The molecule has 0 bridgehead atoms. The van der Waals surface area contributed by atoms with Crippen LogP contribution in [0.15, 0.2) is 12.1 Å². The van der Waals surface area contributed by atoms with Gasteiger partial charge in [0.1, 0.15) is 5.78 Å². The van der Waals surface area contributed by atoms with Crippen LogP contribution in [0.4, 0.5) is 0 Å². The number of rotatable bonds is 9. The molecule has 20 heavy (non-hydrogen) atoms. The minimum atomic E-state index is -0.347. The minimum absolute atomic E-state index is 0.00925. The third-order valence-corrected chi connectivity index (χ3v) is 3.76. The lowest BCUT2D eigenvalue weighted by atomic mass is 10.1. The first kappa shape index (κ1) is 16.6. The second-order valence-corrected chi connectivity index (χ2v) is 5.88. The van der Waals surface area contributed by atoms with Crippen LogP contribution in [0.5, 0.6) is 0 Å². The fourth-order valence-corrected chi connectivity index (χ4v) is 2.45. The lowest BCUT2D eigenvalue weighted by Gasteiger charge is -2.02. The van der Waals surface area contributed by atoms with Gasteiger partial charge in [-0.05, 0) is 25.5 Å². The maximum atomic E-state index is 11.8. The molecule has 1 aromatic rings. The van der Waals surface area contributed by atoms with Crippen molar-refractivity contribution in [1.82, 2.24) is 0 Å². The van der Waals surface area contributed by atoms with E-state index in [-0.39, 0.29) is 43.2 Å². The highest BCUT2D eigenvalue weighted by molar-refractivity contribution is 7.14. The van der Waals surface area contributed by atoms with Gasteiger partial charge in [0.05, 0.1) is 17.9 Å². The molecule has 0 unspecified atom stereocenters. The van der Waals surface area contributed by atoms with E-state index in [4.69, 9.17) is 4.74 Å². The van der Waals surface area contributed by atoms with Crippen LogP contribution >= 0.6 is 11.3 Å². The summed E-state index contributed by atoms with van der Waals surface area (Å²) in [4.78, 5) is 36.4. The lowest BCUT2D eigenvalue weighted by molar-refractivity contribution is -0.144.